The molecule has 0 spiro atoms. The van der Waals surface area contributed by atoms with Gasteiger partial charge >= 0.3 is 0 Å². The lowest BCUT2D eigenvalue weighted by atomic mass is 10.1. The molecule has 0 bridgehead atoms. The minimum atomic E-state index is -0.459. The number of rotatable bonds is 8. The summed E-state index contributed by atoms with van der Waals surface area (Å²) in [6.45, 7) is 6.60. The first-order valence-electron chi connectivity index (χ1n) is 10.6. The summed E-state index contributed by atoms with van der Waals surface area (Å²) >= 11 is 5.61. The van der Waals surface area contributed by atoms with Gasteiger partial charge in [0.25, 0.3) is 5.91 Å². The molecule has 0 aliphatic rings. The minimum Gasteiger partial charge on any atom is -0.490 e. The Morgan fingerprint density at radius 1 is 1.12 bits per heavy atom. The molecule has 0 aromatic heterocycles. The number of hydrogen-bond acceptors (Lipinski definition) is 4. The number of amides is 1. The van der Waals surface area contributed by atoms with E-state index in [2.05, 4.69) is 43.8 Å². The van der Waals surface area contributed by atoms with E-state index in [1.807, 2.05) is 75.4 Å². The van der Waals surface area contributed by atoms with Crippen LogP contribution in [0.4, 0.5) is 5.69 Å². The summed E-state index contributed by atoms with van der Waals surface area (Å²) in [5.41, 5.74) is 4.35. The van der Waals surface area contributed by atoms with Crippen molar-refractivity contribution in [1.82, 2.24) is 0 Å². The Hall–Kier alpha value is -2.83. The second-order valence-corrected chi connectivity index (χ2v) is 9.70. The standard InChI is InChI=1S/C27H24BrIN2O3/c1-4-33-25-14-20(13-23(29)26(25)34-16-19-7-9-22(28)10-8-19)12-21(15-30)27(32)31-24-11-17(2)5-6-18(24)3/h5-14H,4,16H2,1-3H3,(H,31,32)/b21-12-. The van der Waals surface area contributed by atoms with Gasteiger partial charge in [0.1, 0.15) is 18.2 Å². The van der Waals surface area contributed by atoms with Crippen LogP contribution in [0.3, 0.4) is 0 Å². The summed E-state index contributed by atoms with van der Waals surface area (Å²) in [5, 5.41) is 12.5. The molecule has 1 amide bonds. The lowest BCUT2D eigenvalue weighted by molar-refractivity contribution is -0.112. The molecule has 174 valence electrons. The fraction of sp³-hybridized carbons (Fsp3) is 0.185. The highest BCUT2D eigenvalue weighted by Gasteiger charge is 2.15. The highest BCUT2D eigenvalue weighted by atomic mass is 127. The summed E-state index contributed by atoms with van der Waals surface area (Å²) in [6.07, 6.45) is 1.56. The van der Waals surface area contributed by atoms with Crippen molar-refractivity contribution >= 4 is 56.2 Å². The molecule has 1 N–H and O–H groups in total. The van der Waals surface area contributed by atoms with Crippen LogP contribution in [0, 0.1) is 28.7 Å². The normalized spacial score (nSPS) is 11.0. The summed E-state index contributed by atoms with van der Waals surface area (Å²) in [5.74, 6) is 0.727. The van der Waals surface area contributed by atoms with Gasteiger partial charge in [-0.3, -0.25) is 4.79 Å². The number of nitrogens with zero attached hydrogens (tertiary/aromatic N) is 1. The maximum Gasteiger partial charge on any atom is 0.266 e. The predicted molar refractivity (Wildman–Crippen MR) is 147 cm³/mol. The number of benzene rings is 3. The number of nitriles is 1. The zero-order valence-electron chi connectivity index (χ0n) is 19.1. The molecule has 0 saturated heterocycles. The van der Waals surface area contributed by atoms with Crippen molar-refractivity contribution in [1.29, 1.82) is 5.26 Å². The largest absolute Gasteiger partial charge is 0.490 e. The molecule has 3 aromatic carbocycles. The van der Waals surface area contributed by atoms with Crippen LogP contribution in [0.1, 0.15) is 29.2 Å². The lowest BCUT2D eigenvalue weighted by Crippen LogP contribution is -2.14. The van der Waals surface area contributed by atoms with Crippen LogP contribution in [-0.2, 0) is 11.4 Å². The molecular weight excluding hydrogens is 607 g/mol. The minimum absolute atomic E-state index is 0.00249. The number of nitrogens with one attached hydrogen (secondary N) is 1. The molecular formula is C27H24BrIN2O3. The Labute approximate surface area is 222 Å². The Morgan fingerprint density at radius 3 is 2.53 bits per heavy atom. The maximum atomic E-state index is 12.8. The fourth-order valence-corrected chi connectivity index (χ4v) is 4.23. The van der Waals surface area contributed by atoms with E-state index in [0.717, 1.165) is 24.7 Å². The van der Waals surface area contributed by atoms with E-state index in [4.69, 9.17) is 9.47 Å². The third-order valence-corrected chi connectivity index (χ3v) is 6.28. The molecule has 0 heterocycles. The maximum absolute atomic E-state index is 12.8. The van der Waals surface area contributed by atoms with Gasteiger partial charge in [0, 0.05) is 10.2 Å². The van der Waals surface area contributed by atoms with Crippen molar-refractivity contribution < 1.29 is 14.3 Å². The number of anilines is 1. The smallest absolute Gasteiger partial charge is 0.266 e. The molecule has 0 unspecified atom stereocenters. The van der Waals surface area contributed by atoms with Crippen molar-refractivity contribution in [2.24, 2.45) is 0 Å². The molecule has 3 rings (SSSR count). The molecule has 0 aliphatic carbocycles. The number of ether oxygens (including phenoxy) is 2. The van der Waals surface area contributed by atoms with E-state index in [1.165, 1.54) is 0 Å². The van der Waals surface area contributed by atoms with Crippen molar-refractivity contribution in [3.05, 3.63) is 90.5 Å². The van der Waals surface area contributed by atoms with Crippen molar-refractivity contribution in [3.8, 4) is 17.6 Å². The van der Waals surface area contributed by atoms with Gasteiger partial charge in [-0.15, -0.1) is 0 Å². The average molecular weight is 631 g/mol. The van der Waals surface area contributed by atoms with Gasteiger partial charge in [-0.2, -0.15) is 5.26 Å². The molecule has 0 saturated carbocycles. The Kier molecular flexibility index (Phi) is 9.13. The number of aryl methyl sites for hydroxylation is 2. The number of carbonyl (C=O) groups excluding carboxylic acids is 1. The number of halogens is 2. The third kappa shape index (κ3) is 6.84. The molecule has 0 atom stereocenters. The van der Waals surface area contributed by atoms with Crippen LogP contribution in [0.25, 0.3) is 6.08 Å². The second kappa shape index (κ2) is 12.0. The summed E-state index contributed by atoms with van der Waals surface area (Å²) in [7, 11) is 0. The van der Waals surface area contributed by atoms with Crippen LogP contribution in [0.2, 0.25) is 0 Å². The van der Waals surface area contributed by atoms with E-state index >= 15 is 0 Å². The van der Waals surface area contributed by atoms with Gasteiger partial charge in [-0.25, -0.2) is 0 Å². The Bertz CT molecular complexity index is 1260. The van der Waals surface area contributed by atoms with E-state index in [9.17, 15) is 10.1 Å². The number of hydrogen-bond donors (Lipinski definition) is 1. The van der Waals surface area contributed by atoms with E-state index in [-0.39, 0.29) is 5.57 Å². The van der Waals surface area contributed by atoms with Crippen LogP contribution in [-0.4, -0.2) is 12.5 Å². The summed E-state index contributed by atoms with van der Waals surface area (Å²) in [6, 6.07) is 19.4. The van der Waals surface area contributed by atoms with E-state index < -0.39 is 5.91 Å². The first-order chi connectivity index (χ1) is 16.3. The first-order valence-corrected chi connectivity index (χ1v) is 12.5. The Balaban J connectivity index is 1.85. The van der Waals surface area contributed by atoms with Gasteiger partial charge < -0.3 is 14.8 Å². The van der Waals surface area contributed by atoms with Crippen LogP contribution in [0.15, 0.2) is 64.6 Å². The van der Waals surface area contributed by atoms with Gasteiger partial charge in [-0.1, -0.05) is 40.2 Å². The van der Waals surface area contributed by atoms with Crippen LogP contribution >= 0.6 is 38.5 Å². The van der Waals surface area contributed by atoms with Gasteiger partial charge in [0.15, 0.2) is 11.5 Å². The van der Waals surface area contributed by atoms with Crippen molar-refractivity contribution in [3.63, 3.8) is 0 Å². The highest BCUT2D eigenvalue weighted by molar-refractivity contribution is 14.1. The molecule has 5 nitrogen and oxygen atoms in total. The topological polar surface area (TPSA) is 71.3 Å². The van der Waals surface area contributed by atoms with Gasteiger partial charge in [-0.05, 0) is 102 Å². The first kappa shape index (κ1) is 25.8. The third-order valence-electron chi connectivity index (χ3n) is 4.95. The summed E-state index contributed by atoms with van der Waals surface area (Å²) < 4.78 is 13.7. The predicted octanol–water partition coefficient (Wildman–Crippen LogP) is 7.19. The molecule has 3 aromatic rings. The Morgan fingerprint density at radius 2 is 1.85 bits per heavy atom. The van der Waals surface area contributed by atoms with Crippen LogP contribution < -0.4 is 14.8 Å². The van der Waals surface area contributed by atoms with Crippen molar-refractivity contribution in [2.45, 2.75) is 27.4 Å². The van der Waals surface area contributed by atoms with Gasteiger partial charge in [0.2, 0.25) is 0 Å². The molecule has 34 heavy (non-hydrogen) atoms. The van der Waals surface area contributed by atoms with Crippen LogP contribution in [0.5, 0.6) is 11.5 Å². The average Bonchev–Trinajstić information content (AvgIpc) is 2.80. The molecule has 0 radical (unpaired) electrons. The van der Waals surface area contributed by atoms with Gasteiger partial charge in [0.05, 0.1) is 10.2 Å². The monoisotopic (exact) mass is 630 g/mol. The molecule has 0 fully saturated rings. The second-order valence-electron chi connectivity index (χ2n) is 7.62. The van der Waals surface area contributed by atoms with E-state index in [0.29, 0.717) is 36.0 Å². The molecule has 0 aliphatic heterocycles. The van der Waals surface area contributed by atoms with E-state index in [1.54, 1.807) is 12.1 Å². The SMILES string of the molecule is CCOc1cc(/C=C(/C#N)C(=O)Nc2cc(C)ccc2C)cc(I)c1OCc1ccc(Br)cc1. The molecule has 7 heteroatoms. The van der Waals surface area contributed by atoms with Crippen molar-refractivity contribution in [2.75, 3.05) is 11.9 Å². The number of carbonyl (C=O) groups is 1. The fourth-order valence-electron chi connectivity index (χ4n) is 3.19. The zero-order chi connectivity index (χ0) is 24.7. The quantitative estimate of drug-likeness (QED) is 0.162. The highest BCUT2D eigenvalue weighted by Crippen LogP contribution is 2.35. The zero-order valence-corrected chi connectivity index (χ0v) is 22.9. The summed E-state index contributed by atoms with van der Waals surface area (Å²) in [4.78, 5) is 12.8. The lowest BCUT2D eigenvalue weighted by Gasteiger charge is -2.15.